The molecular weight excluding hydrogens is 339 g/mol. The van der Waals surface area contributed by atoms with Crippen molar-refractivity contribution in [2.45, 2.75) is 103 Å². The third-order valence-electron chi connectivity index (χ3n) is 4.31. The number of hydrogen-bond donors (Lipinski definition) is 2. The summed E-state index contributed by atoms with van der Waals surface area (Å²) in [5.41, 5.74) is 0. The minimum absolute atomic E-state index is 0.0447. The van der Waals surface area contributed by atoms with Gasteiger partial charge in [0, 0.05) is 6.61 Å². The first-order valence-electron chi connectivity index (χ1n) is 10.3. The normalized spacial score (nSPS) is 13.9. The molecule has 0 aromatic carbocycles. The maximum absolute atomic E-state index is 11.5. The fourth-order valence-corrected chi connectivity index (χ4v) is 3.55. The Balaban J connectivity index is 3.19. The van der Waals surface area contributed by atoms with Crippen molar-refractivity contribution in [2.24, 2.45) is 0 Å². The van der Waals surface area contributed by atoms with Gasteiger partial charge in [-0.15, -0.1) is 0 Å². The minimum Gasteiger partial charge on any atom is -0.396 e. The molecule has 0 saturated heterocycles. The Morgan fingerprint density at radius 2 is 1.00 bits per heavy atom. The standard InChI is InChI=1S/C19H41O5P/c1-2-3-4-5-6-7-8-9-10-11-12-13-14-15-18-23-25(21,22)24-19-16-17-20/h20H,2-19H2,1H3,(H,21,22). The van der Waals surface area contributed by atoms with Gasteiger partial charge in [-0.2, -0.15) is 0 Å². The number of unbranched alkanes of at least 4 members (excludes halogenated alkanes) is 13. The Bertz CT molecular complexity index is 312. The molecule has 2 N–H and O–H groups in total. The highest BCUT2D eigenvalue weighted by atomic mass is 31.2. The number of phosphoric acid groups is 1. The lowest BCUT2D eigenvalue weighted by Crippen LogP contribution is -2.00. The van der Waals surface area contributed by atoms with Crippen LogP contribution in [0.4, 0.5) is 0 Å². The minimum atomic E-state index is -3.92. The summed E-state index contributed by atoms with van der Waals surface area (Å²) in [5.74, 6) is 0. The highest BCUT2D eigenvalue weighted by molar-refractivity contribution is 7.47. The SMILES string of the molecule is CCCCCCCCCCCCCCCCOP(=O)(O)OCCCO. The second kappa shape index (κ2) is 18.8. The van der Waals surface area contributed by atoms with Gasteiger partial charge in [0.15, 0.2) is 0 Å². The third-order valence-corrected chi connectivity index (χ3v) is 5.33. The summed E-state index contributed by atoms with van der Waals surface area (Å²) in [6.45, 7) is 2.50. The Morgan fingerprint density at radius 3 is 1.40 bits per heavy atom. The quantitative estimate of drug-likeness (QED) is 0.201. The first-order valence-corrected chi connectivity index (χ1v) is 11.8. The van der Waals surface area contributed by atoms with Crippen molar-refractivity contribution in [3.8, 4) is 0 Å². The van der Waals surface area contributed by atoms with Crippen LogP contribution >= 0.6 is 7.82 Å². The molecule has 0 aliphatic rings. The number of aliphatic hydroxyl groups is 1. The van der Waals surface area contributed by atoms with Crippen LogP contribution in [-0.2, 0) is 13.6 Å². The molecule has 0 aliphatic carbocycles. The fraction of sp³-hybridized carbons (Fsp3) is 1.00. The molecule has 0 aliphatic heterocycles. The number of rotatable bonds is 20. The first kappa shape index (κ1) is 25.1. The molecule has 0 spiro atoms. The average Bonchev–Trinajstić information content (AvgIpc) is 2.58. The van der Waals surface area contributed by atoms with E-state index in [-0.39, 0.29) is 19.8 Å². The molecule has 1 unspecified atom stereocenters. The van der Waals surface area contributed by atoms with Crippen LogP contribution in [0.15, 0.2) is 0 Å². The van der Waals surface area contributed by atoms with Crippen LogP contribution in [0.25, 0.3) is 0 Å². The Morgan fingerprint density at radius 1 is 0.640 bits per heavy atom. The van der Waals surface area contributed by atoms with Gasteiger partial charge in [0.05, 0.1) is 13.2 Å². The van der Waals surface area contributed by atoms with Crippen LogP contribution in [0.1, 0.15) is 103 Å². The summed E-state index contributed by atoms with van der Waals surface area (Å²) in [5, 5.41) is 8.59. The monoisotopic (exact) mass is 380 g/mol. The van der Waals surface area contributed by atoms with Gasteiger partial charge in [-0.25, -0.2) is 4.57 Å². The molecule has 1 atom stereocenters. The topological polar surface area (TPSA) is 76.0 Å². The third kappa shape index (κ3) is 20.2. The zero-order valence-corrected chi connectivity index (χ0v) is 17.2. The van der Waals surface area contributed by atoms with Crippen LogP contribution in [-0.4, -0.2) is 29.8 Å². The molecule has 0 amide bonds. The number of aliphatic hydroxyl groups excluding tert-OH is 1. The molecule has 5 nitrogen and oxygen atoms in total. The lowest BCUT2D eigenvalue weighted by Gasteiger charge is -2.11. The van der Waals surface area contributed by atoms with Crippen molar-refractivity contribution in [3.05, 3.63) is 0 Å². The van der Waals surface area contributed by atoms with Gasteiger partial charge in [-0.3, -0.25) is 9.05 Å². The van der Waals surface area contributed by atoms with E-state index in [1.165, 1.54) is 70.6 Å². The molecule has 0 aromatic heterocycles. The Kier molecular flexibility index (Phi) is 18.9. The second-order valence-electron chi connectivity index (χ2n) is 6.81. The predicted octanol–water partition coefficient (Wildman–Crippen LogP) is 5.98. The van der Waals surface area contributed by atoms with Crippen LogP contribution in [0, 0.1) is 0 Å². The van der Waals surface area contributed by atoms with Crippen molar-refractivity contribution in [1.29, 1.82) is 0 Å². The molecule has 0 radical (unpaired) electrons. The van der Waals surface area contributed by atoms with E-state index in [0.717, 1.165) is 19.3 Å². The van der Waals surface area contributed by atoms with Gasteiger partial charge < -0.3 is 10.00 Å². The smallest absolute Gasteiger partial charge is 0.396 e. The second-order valence-corrected chi connectivity index (χ2v) is 8.26. The highest BCUT2D eigenvalue weighted by Crippen LogP contribution is 2.43. The molecule has 0 bridgehead atoms. The molecule has 0 rings (SSSR count). The summed E-state index contributed by atoms with van der Waals surface area (Å²) >= 11 is 0. The van der Waals surface area contributed by atoms with Gasteiger partial charge in [0.2, 0.25) is 0 Å². The molecular formula is C19H41O5P. The lowest BCUT2D eigenvalue weighted by atomic mass is 10.0. The lowest BCUT2D eigenvalue weighted by molar-refractivity contribution is 0.137. The summed E-state index contributed by atoms with van der Waals surface area (Å²) in [4.78, 5) is 9.37. The van der Waals surface area contributed by atoms with Crippen LogP contribution in [0.5, 0.6) is 0 Å². The van der Waals surface area contributed by atoms with Gasteiger partial charge >= 0.3 is 7.82 Å². The van der Waals surface area contributed by atoms with E-state index in [9.17, 15) is 9.46 Å². The van der Waals surface area contributed by atoms with E-state index >= 15 is 0 Å². The maximum Gasteiger partial charge on any atom is 0.472 e. The average molecular weight is 381 g/mol. The van der Waals surface area contributed by atoms with Crippen molar-refractivity contribution >= 4 is 7.82 Å². The maximum atomic E-state index is 11.5. The predicted molar refractivity (Wildman–Crippen MR) is 104 cm³/mol. The van der Waals surface area contributed by atoms with E-state index in [4.69, 9.17) is 14.2 Å². The van der Waals surface area contributed by atoms with E-state index in [2.05, 4.69) is 6.92 Å². The molecule has 0 saturated carbocycles. The van der Waals surface area contributed by atoms with Crippen LogP contribution in [0.3, 0.4) is 0 Å². The summed E-state index contributed by atoms with van der Waals surface area (Å²) in [6.07, 6.45) is 18.2. The van der Waals surface area contributed by atoms with Gasteiger partial charge in [-0.1, -0.05) is 90.4 Å². The number of phosphoric ester groups is 1. The van der Waals surface area contributed by atoms with E-state index in [1.807, 2.05) is 0 Å². The van der Waals surface area contributed by atoms with Crippen molar-refractivity contribution in [1.82, 2.24) is 0 Å². The van der Waals surface area contributed by atoms with Gasteiger partial charge in [-0.05, 0) is 12.8 Å². The van der Waals surface area contributed by atoms with Gasteiger partial charge in [0.1, 0.15) is 0 Å². The highest BCUT2D eigenvalue weighted by Gasteiger charge is 2.19. The molecule has 152 valence electrons. The van der Waals surface area contributed by atoms with Crippen molar-refractivity contribution in [3.63, 3.8) is 0 Å². The largest absolute Gasteiger partial charge is 0.472 e. The summed E-state index contributed by atoms with van der Waals surface area (Å²) in [7, 11) is -3.92. The van der Waals surface area contributed by atoms with E-state index in [1.54, 1.807) is 0 Å². The van der Waals surface area contributed by atoms with Crippen LogP contribution in [0.2, 0.25) is 0 Å². The molecule has 0 aromatic rings. The zero-order valence-electron chi connectivity index (χ0n) is 16.3. The molecule has 0 fully saturated rings. The Hall–Kier alpha value is 0.0700. The number of hydrogen-bond acceptors (Lipinski definition) is 4. The zero-order chi connectivity index (χ0) is 18.6. The van der Waals surface area contributed by atoms with Gasteiger partial charge in [0.25, 0.3) is 0 Å². The fourth-order valence-electron chi connectivity index (χ4n) is 2.76. The summed E-state index contributed by atoms with van der Waals surface area (Å²) in [6, 6.07) is 0. The molecule has 25 heavy (non-hydrogen) atoms. The van der Waals surface area contributed by atoms with Crippen LogP contribution < -0.4 is 0 Å². The molecule has 0 heterocycles. The molecule has 6 heteroatoms. The van der Waals surface area contributed by atoms with Crippen molar-refractivity contribution < 1.29 is 23.6 Å². The summed E-state index contributed by atoms with van der Waals surface area (Å²) < 4.78 is 21.1. The van der Waals surface area contributed by atoms with E-state index in [0.29, 0.717) is 6.42 Å². The van der Waals surface area contributed by atoms with E-state index < -0.39 is 7.82 Å². The van der Waals surface area contributed by atoms with Crippen molar-refractivity contribution in [2.75, 3.05) is 19.8 Å². The first-order chi connectivity index (χ1) is 12.1. The Labute approximate surface area is 155 Å².